The number of benzene rings is 4. The Hall–Kier alpha value is -3.69. The molecule has 0 bridgehead atoms. The normalized spacial score (nSPS) is 12.0. The van der Waals surface area contributed by atoms with E-state index in [4.69, 9.17) is 4.98 Å². The molecule has 3 heterocycles. The van der Waals surface area contributed by atoms with Gasteiger partial charge in [0.15, 0.2) is 0 Å². The zero-order valence-electron chi connectivity index (χ0n) is 16.0. The molecule has 0 spiro atoms. The fourth-order valence-electron chi connectivity index (χ4n) is 4.69. The lowest BCUT2D eigenvalue weighted by atomic mass is 10.1. The number of rotatable bonds is 1. The second-order valence-corrected chi connectivity index (χ2v) is 8.72. The number of hydrogen-bond donors (Lipinski definition) is 0. The number of pyridine rings is 1. The van der Waals surface area contributed by atoms with Crippen molar-refractivity contribution in [3.63, 3.8) is 0 Å². The first-order valence-corrected chi connectivity index (χ1v) is 10.9. The number of thiophene rings is 1. The van der Waals surface area contributed by atoms with E-state index in [9.17, 15) is 0 Å². The molecule has 0 atom stereocenters. The average molecular weight is 401 g/mol. The predicted molar refractivity (Wildman–Crippen MR) is 129 cm³/mol. The molecule has 0 saturated carbocycles. The first-order chi connectivity index (χ1) is 14.9. The topological polar surface area (TPSA) is 17.8 Å². The molecule has 0 N–H and O–H groups in total. The van der Waals surface area contributed by atoms with Crippen molar-refractivity contribution in [3.8, 4) is 5.69 Å². The highest BCUT2D eigenvalue weighted by molar-refractivity contribution is 7.26. The van der Waals surface area contributed by atoms with Crippen molar-refractivity contribution in [2.24, 2.45) is 0 Å². The highest BCUT2D eigenvalue weighted by Gasteiger charge is 2.18. The molecule has 0 aliphatic rings. The smallest absolute Gasteiger partial charge is 0.0977 e. The van der Waals surface area contributed by atoms with Gasteiger partial charge in [-0.3, -0.25) is 4.98 Å². The summed E-state index contributed by atoms with van der Waals surface area (Å²) in [6, 6.07) is 32.6. The van der Waals surface area contributed by atoms with Crippen molar-refractivity contribution in [2.75, 3.05) is 0 Å². The van der Waals surface area contributed by atoms with Crippen molar-refractivity contribution < 1.29 is 0 Å². The van der Waals surface area contributed by atoms with E-state index in [0.717, 1.165) is 11.0 Å². The van der Waals surface area contributed by atoms with Gasteiger partial charge in [-0.1, -0.05) is 54.6 Å². The lowest BCUT2D eigenvalue weighted by Gasteiger charge is -2.09. The zero-order chi connectivity index (χ0) is 19.7. The second-order valence-electron chi connectivity index (χ2n) is 7.67. The summed E-state index contributed by atoms with van der Waals surface area (Å²) in [5.74, 6) is 0. The van der Waals surface area contributed by atoms with Crippen LogP contribution >= 0.6 is 11.3 Å². The molecule has 0 radical (unpaired) electrons. The van der Waals surface area contributed by atoms with E-state index < -0.39 is 0 Å². The Bertz CT molecular complexity index is 1750. The number of nitrogens with zero attached hydrogens (tertiary/aromatic N) is 2. The Labute approximate surface area is 176 Å². The first-order valence-electron chi connectivity index (χ1n) is 10.1. The van der Waals surface area contributed by atoms with Gasteiger partial charge in [0.25, 0.3) is 0 Å². The van der Waals surface area contributed by atoms with Crippen LogP contribution in [0.1, 0.15) is 0 Å². The molecule has 2 nitrogen and oxygen atoms in total. The Morgan fingerprint density at radius 1 is 0.667 bits per heavy atom. The molecular formula is C27H16N2S. The van der Waals surface area contributed by atoms with Crippen LogP contribution in [0.3, 0.4) is 0 Å². The van der Waals surface area contributed by atoms with E-state index in [2.05, 4.69) is 89.5 Å². The Morgan fingerprint density at radius 3 is 2.50 bits per heavy atom. The number of fused-ring (bicyclic) bond motifs is 8. The first kappa shape index (κ1) is 16.1. The van der Waals surface area contributed by atoms with Gasteiger partial charge in [0.05, 0.1) is 16.6 Å². The molecule has 3 aromatic heterocycles. The summed E-state index contributed by atoms with van der Waals surface area (Å²) in [5.41, 5.74) is 4.59. The van der Waals surface area contributed by atoms with Crippen molar-refractivity contribution in [1.82, 2.24) is 9.55 Å². The van der Waals surface area contributed by atoms with Gasteiger partial charge in [-0.25, -0.2) is 0 Å². The minimum absolute atomic E-state index is 1.07. The fraction of sp³-hybridized carbons (Fsp3) is 0. The molecule has 0 aliphatic heterocycles. The molecular weight excluding hydrogens is 384 g/mol. The summed E-state index contributed by atoms with van der Waals surface area (Å²) >= 11 is 1.86. The fourth-order valence-corrected chi connectivity index (χ4v) is 5.93. The van der Waals surface area contributed by atoms with Crippen molar-refractivity contribution in [1.29, 1.82) is 0 Å². The van der Waals surface area contributed by atoms with Gasteiger partial charge < -0.3 is 4.57 Å². The van der Waals surface area contributed by atoms with E-state index in [0.29, 0.717) is 0 Å². The highest BCUT2D eigenvalue weighted by Crippen LogP contribution is 2.42. The summed E-state index contributed by atoms with van der Waals surface area (Å²) in [4.78, 5) is 4.82. The SMILES string of the molecule is c1ccc2cc(-n3c4cccnc4c4c5sc6ccccc6c5ccc43)ccc2c1. The molecule has 0 fully saturated rings. The molecule has 0 amide bonds. The molecule has 0 unspecified atom stereocenters. The quantitative estimate of drug-likeness (QED) is 0.276. The molecule has 4 aromatic carbocycles. The maximum absolute atomic E-state index is 4.82. The minimum atomic E-state index is 1.07. The highest BCUT2D eigenvalue weighted by atomic mass is 32.1. The van der Waals surface area contributed by atoms with E-state index in [1.54, 1.807) is 0 Å². The lowest BCUT2D eigenvalue weighted by molar-refractivity contribution is 1.18. The van der Waals surface area contributed by atoms with Gasteiger partial charge in [-0.05, 0) is 47.2 Å². The number of aromatic nitrogens is 2. The van der Waals surface area contributed by atoms with Gasteiger partial charge >= 0.3 is 0 Å². The van der Waals surface area contributed by atoms with Crippen molar-refractivity contribution >= 4 is 64.2 Å². The largest absolute Gasteiger partial charge is 0.308 e. The van der Waals surface area contributed by atoms with Crippen molar-refractivity contribution in [3.05, 3.63) is 97.2 Å². The maximum Gasteiger partial charge on any atom is 0.0977 e. The molecule has 0 saturated heterocycles. The predicted octanol–water partition coefficient (Wildman–Crippen LogP) is 7.70. The summed E-state index contributed by atoms with van der Waals surface area (Å²) in [7, 11) is 0. The van der Waals surface area contributed by atoms with Crippen LogP contribution in [0.2, 0.25) is 0 Å². The van der Waals surface area contributed by atoms with Crippen LogP contribution in [-0.2, 0) is 0 Å². The Morgan fingerprint density at radius 2 is 1.53 bits per heavy atom. The van der Waals surface area contributed by atoms with E-state index in [1.165, 1.54) is 47.5 Å². The van der Waals surface area contributed by atoms with Crippen LogP contribution in [-0.4, -0.2) is 9.55 Å². The third kappa shape index (κ3) is 2.10. The van der Waals surface area contributed by atoms with Crippen LogP contribution in [0.25, 0.3) is 58.6 Å². The van der Waals surface area contributed by atoms with Crippen LogP contribution in [0.5, 0.6) is 0 Å². The van der Waals surface area contributed by atoms with Crippen LogP contribution < -0.4 is 0 Å². The summed E-state index contributed by atoms with van der Waals surface area (Å²) in [5, 5.41) is 6.38. The van der Waals surface area contributed by atoms with Crippen LogP contribution in [0, 0.1) is 0 Å². The Kier molecular flexibility index (Phi) is 3.18. The minimum Gasteiger partial charge on any atom is -0.308 e. The number of hydrogen-bond acceptors (Lipinski definition) is 2. The van der Waals surface area contributed by atoms with E-state index in [1.807, 2.05) is 23.6 Å². The molecule has 7 rings (SSSR count). The van der Waals surface area contributed by atoms with Gasteiger partial charge in [0.1, 0.15) is 0 Å². The van der Waals surface area contributed by atoms with Crippen molar-refractivity contribution in [2.45, 2.75) is 0 Å². The van der Waals surface area contributed by atoms with Gasteiger partial charge in [0.2, 0.25) is 0 Å². The molecule has 7 aromatic rings. The molecule has 3 heteroatoms. The standard InChI is InChI=1S/C27H16N2S/c1-2-7-18-16-19(12-11-17(18)6-1)29-22-14-13-21-20-8-3-4-10-24(20)30-27(21)25(22)26-23(29)9-5-15-28-26/h1-16H. The van der Waals surface area contributed by atoms with Gasteiger partial charge in [0, 0.05) is 37.4 Å². The van der Waals surface area contributed by atoms with Gasteiger partial charge in [-0.2, -0.15) is 0 Å². The third-order valence-corrected chi connectivity index (χ3v) is 7.23. The van der Waals surface area contributed by atoms with Crippen LogP contribution in [0.4, 0.5) is 0 Å². The molecule has 30 heavy (non-hydrogen) atoms. The summed E-state index contributed by atoms with van der Waals surface area (Å²) < 4.78 is 4.99. The second kappa shape index (κ2) is 5.91. The third-order valence-electron chi connectivity index (χ3n) is 6.02. The zero-order valence-corrected chi connectivity index (χ0v) is 16.9. The van der Waals surface area contributed by atoms with Gasteiger partial charge in [-0.15, -0.1) is 11.3 Å². The summed E-state index contributed by atoms with van der Waals surface area (Å²) in [6.07, 6.45) is 1.90. The lowest BCUT2D eigenvalue weighted by Crippen LogP contribution is -1.93. The molecule has 0 aliphatic carbocycles. The molecule has 140 valence electrons. The maximum atomic E-state index is 4.82. The summed E-state index contributed by atoms with van der Waals surface area (Å²) in [6.45, 7) is 0. The Balaban J connectivity index is 1.67. The average Bonchev–Trinajstić information content (AvgIpc) is 3.34. The van der Waals surface area contributed by atoms with E-state index in [-0.39, 0.29) is 0 Å². The van der Waals surface area contributed by atoms with E-state index >= 15 is 0 Å². The monoisotopic (exact) mass is 400 g/mol. The van der Waals surface area contributed by atoms with Crippen LogP contribution in [0.15, 0.2) is 97.2 Å².